The lowest BCUT2D eigenvalue weighted by atomic mass is 10.0. The van der Waals surface area contributed by atoms with Gasteiger partial charge in [-0.1, -0.05) is 182 Å². The number of nitrogens with zero attached hydrogens (tertiary/aromatic N) is 4. The van der Waals surface area contributed by atoms with Crippen molar-refractivity contribution in [1.82, 2.24) is 19.5 Å². The second-order valence-corrected chi connectivity index (χ2v) is 13.0. The van der Waals surface area contributed by atoms with Gasteiger partial charge < -0.3 is 4.57 Å². The van der Waals surface area contributed by atoms with Gasteiger partial charge in [-0.05, 0) is 52.1 Å². The number of aromatic nitrogens is 4. The summed E-state index contributed by atoms with van der Waals surface area (Å²) in [4.78, 5) is 14.8. The second kappa shape index (κ2) is 13.8. The molecule has 0 fully saturated rings. The van der Waals surface area contributed by atoms with E-state index in [1.54, 1.807) is 18.2 Å². The Kier molecular flexibility index (Phi) is 6.04. The zero-order valence-corrected chi connectivity index (χ0v) is 29.2. The van der Waals surface area contributed by atoms with Crippen molar-refractivity contribution in [2.45, 2.75) is 0 Å². The summed E-state index contributed by atoms with van der Waals surface area (Å²) in [5, 5.41) is 0.681. The third-order valence-electron chi connectivity index (χ3n) is 9.70. The zero-order valence-electron chi connectivity index (χ0n) is 38.2. The molecule has 0 saturated carbocycles. The molecule has 0 aliphatic carbocycles. The van der Waals surface area contributed by atoms with Crippen LogP contribution in [0.3, 0.4) is 0 Å². The van der Waals surface area contributed by atoms with Crippen LogP contribution in [0.5, 0.6) is 0 Å². The van der Waals surface area contributed by atoms with Crippen molar-refractivity contribution >= 4 is 21.8 Å². The van der Waals surface area contributed by atoms with Crippen LogP contribution in [0, 0.1) is 0 Å². The summed E-state index contributed by atoms with van der Waals surface area (Å²) in [6, 6.07) is 45.1. The van der Waals surface area contributed by atoms with E-state index < -0.39 is 30.2 Å². The predicted molar refractivity (Wildman–Crippen MR) is 227 cm³/mol. The van der Waals surface area contributed by atoms with E-state index in [1.165, 1.54) is 0 Å². The highest BCUT2D eigenvalue weighted by Crippen LogP contribution is 2.38. The first kappa shape index (κ1) is 24.0. The Hall–Kier alpha value is -7.43. The first-order chi connectivity index (χ1) is 31.0. The van der Waals surface area contributed by atoms with E-state index in [0.29, 0.717) is 39.6 Å². The number of para-hydroxylation sites is 2. The lowest BCUT2D eigenvalue weighted by Crippen LogP contribution is -2.00. The molecule has 0 unspecified atom stereocenters. The van der Waals surface area contributed by atoms with Crippen LogP contribution in [0.2, 0.25) is 0 Å². The molecule has 2 heterocycles. The molecule has 4 heteroatoms. The standard InChI is InChI=1S/C51H34N4/c1-4-14-35(15-5-1)37-24-28-40(29-25-37)50-52-49(39-18-8-3-9-19-39)53-51(54-50)41-30-26-38(27-31-41)43-20-10-12-22-46(43)55-47-23-13-11-21-44(47)45-34-42(32-33-48(45)55)36-16-6-2-7-17-36/h1-34H/i2D,6D,7D,11D,13D,16D,17D,21D,23D. The maximum Gasteiger partial charge on any atom is 0.164 e. The average Bonchev–Trinajstić information content (AvgIpc) is 3.69. The fraction of sp³-hybridized carbons (Fsp3) is 0. The van der Waals surface area contributed by atoms with Crippen molar-refractivity contribution in [2.75, 3.05) is 0 Å². The molecular formula is C51H34N4. The van der Waals surface area contributed by atoms with Gasteiger partial charge in [-0.15, -0.1) is 0 Å². The van der Waals surface area contributed by atoms with Gasteiger partial charge in [0.15, 0.2) is 17.5 Å². The third kappa shape index (κ3) is 6.06. The summed E-state index contributed by atoms with van der Waals surface area (Å²) in [5.41, 5.74) is 7.99. The minimum Gasteiger partial charge on any atom is -0.309 e. The summed E-state index contributed by atoms with van der Waals surface area (Å²) in [5.74, 6) is 1.56. The van der Waals surface area contributed by atoms with E-state index in [4.69, 9.17) is 27.3 Å². The lowest BCUT2D eigenvalue weighted by molar-refractivity contribution is 1.07. The molecule has 0 amide bonds. The van der Waals surface area contributed by atoms with Crippen LogP contribution in [0.4, 0.5) is 0 Å². The van der Waals surface area contributed by atoms with Gasteiger partial charge in [0, 0.05) is 33.0 Å². The molecule has 0 radical (unpaired) electrons. The van der Waals surface area contributed by atoms with Crippen molar-refractivity contribution in [3.8, 4) is 73.2 Å². The van der Waals surface area contributed by atoms with Crippen LogP contribution < -0.4 is 0 Å². The van der Waals surface area contributed by atoms with E-state index >= 15 is 0 Å². The fourth-order valence-electron chi connectivity index (χ4n) is 7.02. The number of hydrogen-bond acceptors (Lipinski definition) is 3. The Morgan fingerprint density at radius 1 is 0.345 bits per heavy atom. The molecule has 8 aromatic carbocycles. The summed E-state index contributed by atoms with van der Waals surface area (Å²) >= 11 is 0. The Balaban J connectivity index is 1.10. The van der Waals surface area contributed by atoms with Crippen molar-refractivity contribution in [1.29, 1.82) is 0 Å². The van der Waals surface area contributed by atoms with Gasteiger partial charge in [-0.2, -0.15) is 0 Å². The quantitative estimate of drug-likeness (QED) is 0.165. The number of benzene rings is 8. The van der Waals surface area contributed by atoms with Crippen LogP contribution in [-0.2, 0) is 0 Å². The van der Waals surface area contributed by atoms with Crippen LogP contribution in [0.25, 0.3) is 95.0 Å². The summed E-state index contributed by atoms with van der Waals surface area (Å²) in [6.07, 6.45) is 0. The molecule has 2 aromatic heterocycles. The third-order valence-corrected chi connectivity index (χ3v) is 9.70. The Morgan fingerprint density at radius 3 is 1.51 bits per heavy atom. The fourth-order valence-corrected chi connectivity index (χ4v) is 7.02. The van der Waals surface area contributed by atoms with E-state index in [1.807, 2.05) is 114 Å². The zero-order chi connectivity index (χ0) is 44.4. The van der Waals surface area contributed by atoms with Crippen molar-refractivity contribution < 1.29 is 12.3 Å². The number of hydrogen-bond donors (Lipinski definition) is 0. The van der Waals surface area contributed by atoms with Gasteiger partial charge in [-0.25, -0.2) is 15.0 Å². The SMILES string of the molecule is [2H]c1c([2H])c([2H])c(-c2ccc3c(c2)c2c([2H])c([2H])c([2H])c([2H])c2n3-c2ccccc2-c2ccc(-c3nc(-c4ccccc4)nc(-c4ccc(-c5ccccc5)cc4)n3)cc2)c([2H])c1[2H]. The first-order valence-corrected chi connectivity index (χ1v) is 17.8. The van der Waals surface area contributed by atoms with Gasteiger partial charge >= 0.3 is 0 Å². The average molecular weight is 712 g/mol. The Morgan fingerprint density at radius 2 is 0.836 bits per heavy atom. The summed E-state index contributed by atoms with van der Waals surface area (Å²) < 4.78 is 79.2. The van der Waals surface area contributed by atoms with Crippen molar-refractivity contribution in [2.24, 2.45) is 0 Å². The highest BCUT2D eigenvalue weighted by atomic mass is 15.0. The molecular weight excluding hydrogens is 669 g/mol. The van der Waals surface area contributed by atoms with Gasteiger partial charge in [-0.3, -0.25) is 0 Å². The molecule has 0 N–H and O–H groups in total. The summed E-state index contributed by atoms with van der Waals surface area (Å²) in [6.45, 7) is 0. The predicted octanol–water partition coefficient (Wildman–Crippen LogP) is 13.0. The molecule has 10 aromatic rings. The van der Waals surface area contributed by atoms with E-state index in [2.05, 4.69) is 24.3 Å². The monoisotopic (exact) mass is 711 g/mol. The van der Waals surface area contributed by atoms with E-state index in [9.17, 15) is 0 Å². The maximum atomic E-state index is 9.16. The molecule has 0 aliphatic rings. The molecule has 0 bridgehead atoms. The van der Waals surface area contributed by atoms with Gasteiger partial charge in [0.25, 0.3) is 0 Å². The minimum atomic E-state index is -0.504. The van der Waals surface area contributed by atoms with Crippen molar-refractivity contribution in [3.05, 3.63) is 206 Å². The van der Waals surface area contributed by atoms with Crippen LogP contribution in [0.1, 0.15) is 12.3 Å². The number of fused-ring (bicyclic) bond motifs is 3. The largest absolute Gasteiger partial charge is 0.309 e. The van der Waals surface area contributed by atoms with Crippen LogP contribution in [-0.4, -0.2) is 19.5 Å². The number of rotatable bonds is 7. The lowest BCUT2D eigenvalue weighted by Gasteiger charge is -2.15. The van der Waals surface area contributed by atoms with Crippen LogP contribution >= 0.6 is 0 Å². The van der Waals surface area contributed by atoms with Crippen molar-refractivity contribution in [3.63, 3.8) is 0 Å². The topological polar surface area (TPSA) is 43.6 Å². The van der Waals surface area contributed by atoms with E-state index in [0.717, 1.165) is 38.9 Å². The van der Waals surface area contributed by atoms with Crippen LogP contribution in [0.15, 0.2) is 206 Å². The molecule has 0 aliphatic heterocycles. The molecule has 0 spiro atoms. The maximum absolute atomic E-state index is 9.16. The van der Waals surface area contributed by atoms with E-state index in [-0.39, 0.29) is 40.6 Å². The highest BCUT2D eigenvalue weighted by Gasteiger charge is 2.17. The molecule has 4 nitrogen and oxygen atoms in total. The summed E-state index contributed by atoms with van der Waals surface area (Å²) in [7, 11) is 0. The minimum absolute atomic E-state index is 0.00252. The Labute approximate surface area is 332 Å². The molecule has 0 atom stereocenters. The molecule has 258 valence electrons. The molecule has 0 saturated heterocycles. The van der Waals surface area contributed by atoms with Gasteiger partial charge in [0.2, 0.25) is 0 Å². The smallest absolute Gasteiger partial charge is 0.164 e. The van der Waals surface area contributed by atoms with Gasteiger partial charge in [0.05, 0.1) is 29.1 Å². The van der Waals surface area contributed by atoms with Gasteiger partial charge in [0.1, 0.15) is 0 Å². The first-order valence-electron chi connectivity index (χ1n) is 22.3. The molecule has 10 rings (SSSR count). The Bertz CT molecular complexity index is 3440. The second-order valence-electron chi connectivity index (χ2n) is 13.0. The normalized spacial score (nSPS) is 13.6. The molecule has 55 heavy (non-hydrogen) atoms. The highest BCUT2D eigenvalue weighted by molar-refractivity contribution is 6.11.